The summed E-state index contributed by atoms with van der Waals surface area (Å²) in [6.45, 7) is 21.6. The fourth-order valence-corrected chi connectivity index (χ4v) is 4.00. The second kappa shape index (κ2) is 8.91. The highest BCUT2D eigenvalue weighted by Crippen LogP contribution is 2.43. The Morgan fingerprint density at radius 1 is 1.00 bits per heavy atom. The second-order valence-electron chi connectivity index (χ2n) is 11.4. The predicted octanol–water partition coefficient (Wildman–Crippen LogP) is 6.50. The zero-order valence-electron chi connectivity index (χ0n) is 21.8. The number of fused-ring (bicyclic) bond motifs is 3. The highest BCUT2D eigenvalue weighted by atomic mass is 35.5. The molecule has 0 amide bonds. The van der Waals surface area contributed by atoms with E-state index in [9.17, 15) is 4.79 Å². The fourth-order valence-electron chi connectivity index (χ4n) is 3.74. The van der Waals surface area contributed by atoms with E-state index in [1.165, 1.54) is 0 Å². The molecule has 0 saturated heterocycles. The third-order valence-electron chi connectivity index (χ3n) is 4.80. The van der Waals surface area contributed by atoms with Crippen LogP contribution in [0.5, 0.6) is 11.6 Å². The summed E-state index contributed by atoms with van der Waals surface area (Å²) in [6, 6.07) is 0. The molecule has 2 aromatic heterocycles. The Hall–Kier alpha value is -2.54. The van der Waals surface area contributed by atoms with E-state index in [2.05, 4.69) is 11.6 Å². The van der Waals surface area contributed by atoms with E-state index < -0.39 is 22.8 Å². The van der Waals surface area contributed by atoms with Gasteiger partial charge in [0, 0.05) is 12.1 Å². The Balaban J connectivity index is 2.40. The number of esters is 1. The average molecular weight is 490 g/mol. The number of carbonyl (C=O) groups is 1. The first-order valence-electron chi connectivity index (χ1n) is 11.6. The molecular weight excluding hydrogens is 454 g/mol. The van der Waals surface area contributed by atoms with Crippen molar-refractivity contribution in [1.29, 1.82) is 0 Å². The molecule has 0 unspecified atom stereocenters. The maximum absolute atomic E-state index is 13.5. The van der Waals surface area contributed by atoms with Gasteiger partial charge in [0.2, 0.25) is 5.88 Å². The van der Waals surface area contributed by atoms with E-state index in [1.807, 2.05) is 66.9 Å². The summed E-state index contributed by atoms with van der Waals surface area (Å²) in [6.07, 6.45) is 3.11. The number of carbonyl (C=O) groups excluding carboxylic acids is 1. The number of aromatic nitrogens is 3. The number of rotatable bonds is 4. The Morgan fingerprint density at radius 2 is 1.62 bits per heavy atom. The summed E-state index contributed by atoms with van der Waals surface area (Å²) in [5.74, 6) is 0.616. The van der Waals surface area contributed by atoms with Gasteiger partial charge < -0.3 is 18.8 Å². The van der Waals surface area contributed by atoms with Crippen LogP contribution in [-0.4, -0.2) is 37.3 Å². The van der Waals surface area contributed by atoms with Crippen molar-refractivity contribution in [3.63, 3.8) is 0 Å². The summed E-state index contributed by atoms with van der Waals surface area (Å²) < 4.78 is 20.4. The van der Waals surface area contributed by atoms with Crippen molar-refractivity contribution in [1.82, 2.24) is 14.5 Å². The number of hydrogen-bond acceptors (Lipinski definition) is 6. The molecule has 0 bridgehead atoms. The van der Waals surface area contributed by atoms with E-state index in [0.29, 0.717) is 35.4 Å². The van der Waals surface area contributed by atoms with Crippen LogP contribution in [0.3, 0.4) is 0 Å². The van der Waals surface area contributed by atoms with Gasteiger partial charge in [-0.1, -0.05) is 18.2 Å². The summed E-state index contributed by atoms with van der Waals surface area (Å²) >= 11 is 6.43. The van der Waals surface area contributed by atoms with Crippen molar-refractivity contribution in [2.45, 2.75) is 98.5 Å². The minimum absolute atomic E-state index is 0.146. The van der Waals surface area contributed by atoms with Crippen LogP contribution in [0.25, 0.3) is 17.6 Å². The Morgan fingerprint density at radius 3 is 2.15 bits per heavy atom. The lowest BCUT2D eigenvalue weighted by Gasteiger charge is -2.29. The molecule has 0 fully saturated rings. The molecular formula is C26H36ClN3O4. The van der Waals surface area contributed by atoms with Gasteiger partial charge in [-0.25, -0.2) is 14.8 Å². The molecule has 0 aliphatic carbocycles. The number of pyridine rings is 1. The molecule has 0 saturated carbocycles. The zero-order chi connectivity index (χ0) is 25.6. The number of ether oxygens (including phenoxy) is 3. The molecule has 0 spiro atoms. The van der Waals surface area contributed by atoms with Crippen LogP contribution in [0.4, 0.5) is 0 Å². The molecule has 34 heavy (non-hydrogen) atoms. The van der Waals surface area contributed by atoms with Gasteiger partial charge in [0.25, 0.3) is 0 Å². The molecule has 1 aliphatic heterocycles. The molecule has 7 nitrogen and oxygen atoms in total. The third kappa shape index (κ3) is 5.74. The molecule has 0 atom stereocenters. The third-order valence-corrected chi connectivity index (χ3v) is 5.08. The van der Waals surface area contributed by atoms with Gasteiger partial charge in [-0.3, -0.25) is 0 Å². The number of nitrogens with zero attached hydrogens (tertiary/aromatic N) is 3. The van der Waals surface area contributed by atoms with E-state index >= 15 is 0 Å². The smallest absolute Gasteiger partial charge is 0.348 e. The summed E-state index contributed by atoms with van der Waals surface area (Å²) in [5, 5.41) is 0.354. The van der Waals surface area contributed by atoms with Gasteiger partial charge in [-0.2, -0.15) is 0 Å². The topological polar surface area (TPSA) is 75.5 Å². The molecule has 8 heteroatoms. The Bertz CT molecular complexity index is 1120. The molecule has 186 valence electrons. The van der Waals surface area contributed by atoms with Gasteiger partial charge in [0.1, 0.15) is 28.2 Å². The standard InChI is InChI=1S/C26H36ClN3O4/c1-11-16-20(27)29-21-18-15(13-12-14-30(16)21)19(32-24(2,3)4)17(23(31)34-26(8,9)10)22(28-18)33-25(5,6)7/h11H,1,12-14H2,2-10H3. The van der Waals surface area contributed by atoms with Crippen LogP contribution in [0.1, 0.15) is 90.3 Å². The van der Waals surface area contributed by atoms with Crippen LogP contribution < -0.4 is 9.47 Å². The van der Waals surface area contributed by atoms with E-state index in [4.69, 9.17) is 30.8 Å². The fraction of sp³-hybridized carbons (Fsp3) is 0.577. The Kier molecular flexibility index (Phi) is 6.83. The lowest BCUT2D eigenvalue weighted by Crippen LogP contribution is -2.30. The first-order chi connectivity index (χ1) is 15.5. The van der Waals surface area contributed by atoms with E-state index in [-0.39, 0.29) is 11.4 Å². The summed E-state index contributed by atoms with van der Waals surface area (Å²) in [7, 11) is 0. The normalized spacial score (nSPS) is 14.1. The lowest BCUT2D eigenvalue weighted by molar-refractivity contribution is 0.00503. The molecule has 3 rings (SSSR count). The number of imidazole rings is 1. The van der Waals surface area contributed by atoms with Crippen LogP contribution in [0, 0.1) is 0 Å². The van der Waals surface area contributed by atoms with Gasteiger partial charge in [-0.05, 0) is 81.2 Å². The van der Waals surface area contributed by atoms with Crippen molar-refractivity contribution in [3.8, 4) is 23.1 Å². The highest BCUT2D eigenvalue weighted by Gasteiger charge is 2.36. The molecule has 1 aliphatic rings. The monoisotopic (exact) mass is 489 g/mol. The minimum atomic E-state index is -0.704. The van der Waals surface area contributed by atoms with E-state index in [0.717, 1.165) is 17.7 Å². The second-order valence-corrected chi connectivity index (χ2v) is 11.8. The zero-order valence-corrected chi connectivity index (χ0v) is 22.5. The van der Waals surface area contributed by atoms with E-state index in [1.54, 1.807) is 6.08 Å². The average Bonchev–Trinajstić information content (AvgIpc) is 2.83. The van der Waals surface area contributed by atoms with Crippen LogP contribution in [-0.2, 0) is 17.7 Å². The van der Waals surface area contributed by atoms with Gasteiger partial charge in [0.05, 0.1) is 5.69 Å². The minimum Gasteiger partial charge on any atom is -0.487 e. The largest absolute Gasteiger partial charge is 0.487 e. The summed E-state index contributed by atoms with van der Waals surface area (Å²) in [5.41, 5.74) is 0.376. The Labute approximate surface area is 207 Å². The first-order valence-corrected chi connectivity index (χ1v) is 12.0. The first kappa shape index (κ1) is 26.1. The van der Waals surface area contributed by atoms with Crippen molar-refractivity contribution < 1.29 is 19.0 Å². The molecule has 0 radical (unpaired) electrons. The highest BCUT2D eigenvalue weighted by molar-refractivity contribution is 6.31. The predicted molar refractivity (Wildman–Crippen MR) is 135 cm³/mol. The van der Waals surface area contributed by atoms with Crippen molar-refractivity contribution in [3.05, 3.63) is 28.6 Å². The molecule has 0 aromatic carbocycles. The van der Waals surface area contributed by atoms with Crippen molar-refractivity contribution >= 4 is 23.6 Å². The van der Waals surface area contributed by atoms with Crippen molar-refractivity contribution in [2.75, 3.05) is 0 Å². The van der Waals surface area contributed by atoms with Gasteiger partial charge >= 0.3 is 5.97 Å². The molecule has 3 heterocycles. The number of halogens is 1. The SMILES string of the molecule is C=Cc1c(Cl)nc2n1CCCc1c-2nc(OC(C)(C)C)c(C(=O)OC(C)(C)C)c1OC(C)(C)C. The van der Waals surface area contributed by atoms with Gasteiger partial charge in [-0.15, -0.1) is 0 Å². The van der Waals surface area contributed by atoms with Gasteiger partial charge in [0.15, 0.2) is 16.5 Å². The van der Waals surface area contributed by atoms with Crippen LogP contribution >= 0.6 is 11.6 Å². The molecule has 2 aromatic rings. The van der Waals surface area contributed by atoms with Crippen LogP contribution in [0.2, 0.25) is 5.15 Å². The maximum Gasteiger partial charge on any atom is 0.348 e. The van der Waals surface area contributed by atoms with Crippen LogP contribution in [0.15, 0.2) is 6.58 Å². The quantitative estimate of drug-likeness (QED) is 0.456. The summed E-state index contributed by atoms with van der Waals surface area (Å²) in [4.78, 5) is 23.0. The lowest BCUT2D eigenvalue weighted by atomic mass is 10.0. The maximum atomic E-state index is 13.5. The molecule has 0 N–H and O–H groups in total. The number of hydrogen-bond donors (Lipinski definition) is 0. The van der Waals surface area contributed by atoms with Crippen molar-refractivity contribution in [2.24, 2.45) is 0 Å².